The van der Waals surface area contributed by atoms with Gasteiger partial charge in [-0.25, -0.2) is 0 Å². The lowest BCUT2D eigenvalue weighted by atomic mass is 9.73. The van der Waals surface area contributed by atoms with Crippen LogP contribution in [0.5, 0.6) is 0 Å². The molecule has 0 spiro atoms. The zero-order chi connectivity index (χ0) is 11.7. The molecule has 0 amide bonds. The van der Waals surface area contributed by atoms with Gasteiger partial charge in [0.05, 0.1) is 0 Å². The summed E-state index contributed by atoms with van der Waals surface area (Å²) < 4.78 is 0. The number of piperidine rings is 1. The average molecular weight is 235 g/mol. The molecule has 0 radical (unpaired) electrons. The van der Waals surface area contributed by atoms with Crippen LogP contribution in [0.1, 0.15) is 71.1 Å². The van der Waals surface area contributed by atoms with Crippen molar-refractivity contribution in [3.63, 3.8) is 0 Å². The van der Waals surface area contributed by atoms with Crippen molar-refractivity contribution >= 4 is 0 Å². The van der Waals surface area contributed by atoms with Gasteiger partial charge in [0.1, 0.15) is 0 Å². The highest BCUT2D eigenvalue weighted by atomic mass is 15.0. The van der Waals surface area contributed by atoms with Crippen LogP contribution in [0.25, 0.3) is 0 Å². The van der Waals surface area contributed by atoms with Gasteiger partial charge in [0.2, 0.25) is 0 Å². The largest absolute Gasteiger partial charge is 0.311 e. The van der Waals surface area contributed by atoms with E-state index >= 15 is 0 Å². The third-order valence-corrected chi connectivity index (χ3v) is 5.91. The molecule has 1 N–H and O–H groups in total. The predicted molar refractivity (Wildman–Crippen MR) is 73.0 cm³/mol. The molecule has 0 aromatic carbocycles. The fourth-order valence-corrected chi connectivity index (χ4v) is 4.79. The molecule has 3 fully saturated rings. The third kappa shape index (κ3) is 2.54. The molecule has 1 nitrogen and oxygen atoms in total. The molecule has 3 rings (SSSR count). The molecule has 98 valence electrons. The van der Waals surface area contributed by atoms with E-state index in [1.807, 2.05) is 0 Å². The summed E-state index contributed by atoms with van der Waals surface area (Å²) in [5.74, 6) is 3.09. The summed E-state index contributed by atoms with van der Waals surface area (Å²) in [4.78, 5) is 0. The maximum absolute atomic E-state index is 4.03. The van der Waals surface area contributed by atoms with Crippen molar-refractivity contribution in [1.29, 1.82) is 0 Å². The smallest absolute Gasteiger partial charge is 0.00982 e. The Bertz CT molecular complexity index is 250. The number of nitrogens with one attached hydrogen (secondary N) is 1. The first kappa shape index (κ1) is 12.0. The second kappa shape index (κ2) is 5.30. The average Bonchev–Trinajstić information content (AvgIpc) is 2.86. The maximum Gasteiger partial charge on any atom is 0.00982 e. The second-order valence-electron chi connectivity index (χ2n) is 6.85. The highest BCUT2D eigenvalue weighted by Gasteiger charge is 2.37. The molecular formula is C16H29N. The summed E-state index contributed by atoms with van der Waals surface area (Å²) in [6.07, 6.45) is 14.9. The molecule has 1 aliphatic heterocycles. The van der Waals surface area contributed by atoms with Gasteiger partial charge >= 0.3 is 0 Å². The van der Waals surface area contributed by atoms with Crippen LogP contribution in [-0.2, 0) is 0 Å². The van der Waals surface area contributed by atoms with Gasteiger partial charge in [-0.15, -0.1) is 0 Å². The summed E-state index contributed by atoms with van der Waals surface area (Å²) in [6.45, 7) is 2.38. The molecule has 0 aromatic rings. The lowest BCUT2D eigenvalue weighted by Gasteiger charge is -2.41. The standard InChI is InChI=1S/C16H29N/c1-2-12-5-3-7-14(11-12)16-10-9-13-6-4-8-15(13)17-16/h12-17H,2-11H2,1H3. The van der Waals surface area contributed by atoms with Crippen molar-refractivity contribution in [3.05, 3.63) is 0 Å². The van der Waals surface area contributed by atoms with Crippen molar-refractivity contribution in [2.75, 3.05) is 0 Å². The zero-order valence-electron chi connectivity index (χ0n) is 11.5. The molecular weight excluding hydrogens is 206 g/mol. The van der Waals surface area contributed by atoms with Crippen LogP contribution in [0, 0.1) is 17.8 Å². The third-order valence-electron chi connectivity index (χ3n) is 5.91. The molecule has 0 bridgehead atoms. The highest BCUT2D eigenvalue weighted by molar-refractivity contribution is 4.94. The molecule has 3 aliphatic rings. The summed E-state index contributed by atoms with van der Waals surface area (Å²) >= 11 is 0. The Hall–Kier alpha value is -0.0400. The van der Waals surface area contributed by atoms with Gasteiger partial charge in [-0.3, -0.25) is 0 Å². The number of fused-ring (bicyclic) bond motifs is 1. The van der Waals surface area contributed by atoms with E-state index in [1.54, 1.807) is 0 Å². The van der Waals surface area contributed by atoms with Crippen LogP contribution >= 0.6 is 0 Å². The van der Waals surface area contributed by atoms with Crippen molar-refractivity contribution in [3.8, 4) is 0 Å². The monoisotopic (exact) mass is 235 g/mol. The maximum atomic E-state index is 4.03. The van der Waals surface area contributed by atoms with Gasteiger partial charge in [-0.2, -0.15) is 0 Å². The number of hydrogen-bond acceptors (Lipinski definition) is 1. The molecule has 2 saturated carbocycles. The van der Waals surface area contributed by atoms with E-state index in [4.69, 9.17) is 0 Å². The van der Waals surface area contributed by atoms with Crippen LogP contribution in [0.2, 0.25) is 0 Å². The van der Waals surface area contributed by atoms with Gasteiger partial charge < -0.3 is 5.32 Å². The Balaban J connectivity index is 1.57. The van der Waals surface area contributed by atoms with Crippen LogP contribution in [0.4, 0.5) is 0 Å². The summed E-state index contributed by atoms with van der Waals surface area (Å²) in [5, 5.41) is 4.03. The van der Waals surface area contributed by atoms with Crippen molar-refractivity contribution in [1.82, 2.24) is 5.32 Å². The minimum Gasteiger partial charge on any atom is -0.311 e. The Morgan fingerprint density at radius 3 is 2.47 bits per heavy atom. The molecule has 2 aliphatic carbocycles. The highest BCUT2D eigenvalue weighted by Crippen LogP contribution is 2.39. The van der Waals surface area contributed by atoms with Crippen molar-refractivity contribution in [2.24, 2.45) is 17.8 Å². The molecule has 1 saturated heterocycles. The molecule has 1 heteroatoms. The normalized spacial score (nSPS) is 46.8. The van der Waals surface area contributed by atoms with Crippen molar-refractivity contribution < 1.29 is 0 Å². The van der Waals surface area contributed by atoms with Crippen molar-refractivity contribution in [2.45, 2.75) is 83.2 Å². The Morgan fingerprint density at radius 1 is 0.824 bits per heavy atom. The number of hydrogen-bond donors (Lipinski definition) is 1. The molecule has 5 unspecified atom stereocenters. The van der Waals surface area contributed by atoms with E-state index in [-0.39, 0.29) is 0 Å². The van der Waals surface area contributed by atoms with E-state index in [2.05, 4.69) is 12.2 Å². The van der Waals surface area contributed by atoms with E-state index in [0.29, 0.717) is 0 Å². The summed E-state index contributed by atoms with van der Waals surface area (Å²) in [7, 11) is 0. The Morgan fingerprint density at radius 2 is 1.59 bits per heavy atom. The zero-order valence-corrected chi connectivity index (χ0v) is 11.5. The lowest BCUT2D eigenvalue weighted by molar-refractivity contribution is 0.150. The quantitative estimate of drug-likeness (QED) is 0.759. The van der Waals surface area contributed by atoms with Gasteiger partial charge in [0.15, 0.2) is 0 Å². The fraction of sp³-hybridized carbons (Fsp3) is 1.00. The minimum atomic E-state index is 0.878. The SMILES string of the molecule is CCC1CCCC(C2CCC3CCCC3N2)C1. The van der Waals surface area contributed by atoms with E-state index in [9.17, 15) is 0 Å². The summed E-state index contributed by atoms with van der Waals surface area (Å²) in [6, 6.07) is 1.78. The molecule has 0 aromatic heterocycles. The summed E-state index contributed by atoms with van der Waals surface area (Å²) in [5.41, 5.74) is 0. The topological polar surface area (TPSA) is 12.0 Å². The predicted octanol–water partition coefficient (Wildman–Crippen LogP) is 4.12. The minimum absolute atomic E-state index is 0.878. The molecule has 5 atom stereocenters. The molecule has 1 heterocycles. The second-order valence-corrected chi connectivity index (χ2v) is 6.85. The first-order valence-electron chi connectivity index (χ1n) is 8.13. The lowest BCUT2D eigenvalue weighted by Crippen LogP contribution is -2.49. The van der Waals surface area contributed by atoms with Crippen LogP contribution in [0.15, 0.2) is 0 Å². The Kier molecular flexibility index (Phi) is 3.75. The number of rotatable bonds is 2. The Labute approximate surface area is 107 Å². The van der Waals surface area contributed by atoms with Gasteiger partial charge in [-0.1, -0.05) is 32.6 Å². The van der Waals surface area contributed by atoms with Gasteiger partial charge in [-0.05, 0) is 56.3 Å². The van der Waals surface area contributed by atoms with Crippen LogP contribution in [-0.4, -0.2) is 12.1 Å². The fourth-order valence-electron chi connectivity index (χ4n) is 4.79. The van der Waals surface area contributed by atoms with E-state index < -0.39 is 0 Å². The van der Waals surface area contributed by atoms with Gasteiger partial charge in [0, 0.05) is 12.1 Å². The van der Waals surface area contributed by atoms with Crippen LogP contribution in [0.3, 0.4) is 0 Å². The first-order valence-corrected chi connectivity index (χ1v) is 8.13. The van der Waals surface area contributed by atoms with Gasteiger partial charge in [0.25, 0.3) is 0 Å². The van der Waals surface area contributed by atoms with Crippen LogP contribution < -0.4 is 5.32 Å². The van der Waals surface area contributed by atoms with E-state index in [0.717, 1.165) is 29.8 Å². The van der Waals surface area contributed by atoms with E-state index in [1.165, 1.54) is 64.2 Å². The molecule has 17 heavy (non-hydrogen) atoms. The first-order chi connectivity index (χ1) is 8.36.